The maximum atomic E-state index is 13.7. The van der Waals surface area contributed by atoms with Crippen molar-refractivity contribution >= 4 is 22.3 Å². The molecular formula is C22H25FN2O2S. The van der Waals surface area contributed by atoms with Crippen molar-refractivity contribution in [1.82, 2.24) is 9.71 Å². The summed E-state index contributed by atoms with van der Waals surface area (Å²) < 4.78 is 34.9. The Morgan fingerprint density at radius 1 is 1.14 bits per heavy atom. The van der Waals surface area contributed by atoms with Crippen LogP contribution in [0.1, 0.15) is 45.0 Å². The number of hydrogen-bond donors (Lipinski definition) is 1. The Bertz CT molecular complexity index is 944. The van der Waals surface area contributed by atoms with Gasteiger partial charge in [-0.05, 0) is 57.5 Å². The van der Waals surface area contributed by atoms with Gasteiger partial charge < -0.3 is 9.29 Å². The molecule has 0 fully saturated rings. The van der Waals surface area contributed by atoms with Crippen LogP contribution < -0.4 is 9.46 Å². The first-order valence-electron chi connectivity index (χ1n) is 9.19. The van der Waals surface area contributed by atoms with Gasteiger partial charge in [0.05, 0.1) is 11.6 Å². The van der Waals surface area contributed by atoms with Crippen LogP contribution in [0, 0.1) is 5.82 Å². The Hall–Kier alpha value is -2.15. The third-order valence-electron chi connectivity index (χ3n) is 4.26. The fraction of sp³-hybridized carbons (Fsp3) is 0.318. The van der Waals surface area contributed by atoms with Crippen LogP contribution in [0.15, 0.2) is 54.6 Å². The topological polar surface area (TPSA) is 57.2 Å². The number of ether oxygens (including phenoxy) is 1. The van der Waals surface area contributed by atoms with Crippen molar-refractivity contribution in [2.24, 2.45) is 0 Å². The molecule has 2 atom stereocenters. The molecule has 4 nitrogen and oxygen atoms in total. The molecule has 1 heterocycles. The molecule has 0 bridgehead atoms. The smallest absolute Gasteiger partial charge is 0.143 e. The van der Waals surface area contributed by atoms with Gasteiger partial charge in [0.25, 0.3) is 0 Å². The van der Waals surface area contributed by atoms with Crippen LogP contribution in [0.5, 0.6) is 5.75 Å². The number of benzene rings is 2. The van der Waals surface area contributed by atoms with Gasteiger partial charge >= 0.3 is 0 Å². The van der Waals surface area contributed by atoms with Crippen LogP contribution in [-0.4, -0.2) is 14.3 Å². The van der Waals surface area contributed by atoms with Crippen molar-refractivity contribution < 1.29 is 13.7 Å². The van der Waals surface area contributed by atoms with Gasteiger partial charge in [-0.15, -0.1) is 4.72 Å². The first-order valence-corrected chi connectivity index (χ1v) is 10.3. The average molecular weight is 401 g/mol. The minimum Gasteiger partial charge on any atom is -0.598 e. The molecular weight excluding hydrogens is 375 g/mol. The van der Waals surface area contributed by atoms with Gasteiger partial charge in [0.1, 0.15) is 28.6 Å². The zero-order valence-corrected chi connectivity index (χ0v) is 17.3. The van der Waals surface area contributed by atoms with Crippen molar-refractivity contribution in [3.8, 4) is 5.75 Å². The van der Waals surface area contributed by atoms with E-state index in [4.69, 9.17) is 4.74 Å². The first kappa shape index (κ1) is 20.6. The Morgan fingerprint density at radius 2 is 1.86 bits per heavy atom. The Kier molecular flexibility index (Phi) is 6.23. The lowest BCUT2D eigenvalue weighted by Crippen LogP contribution is -2.40. The highest BCUT2D eigenvalue weighted by Gasteiger charge is 2.30. The van der Waals surface area contributed by atoms with Gasteiger partial charge in [-0.2, -0.15) is 0 Å². The fourth-order valence-corrected chi connectivity index (χ4v) is 3.48. The van der Waals surface area contributed by atoms with E-state index in [2.05, 4.69) is 9.71 Å². The minimum atomic E-state index is -1.26. The van der Waals surface area contributed by atoms with Crippen LogP contribution in [-0.2, 0) is 18.0 Å². The van der Waals surface area contributed by atoms with Gasteiger partial charge in [-0.3, -0.25) is 0 Å². The van der Waals surface area contributed by atoms with E-state index in [-0.39, 0.29) is 11.9 Å². The zero-order valence-electron chi connectivity index (χ0n) is 16.5. The summed E-state index contributed by atoms with van der Waals surface area (Å²) in [6.45, 7) is 7.99. The fourth-order valence-electron chi connectivity index (χ4n) is 2.70. The number of hydrogen-bond acceptors (Lipinski definition) is 4. The normalized spacial score (nSPS) is 14.1. The molecule has 0 saturated carbocycles. The molecule has 3 aromatic rings. The second-order valence-corrected chi connectivity index (χ2v) is 9.70. The average Bonchev–Trinajstić information content (AvgIpc) is 2.65. The van der Waals surface area contributed by atoms with Crippen molar-refractivity contribution in [3.05, 3.63) is 71.7 Å². The highest BCUT2D eigenvalue weighted by molar-refractivity contribution is 7.90. The summed E-state index contributed by atoms with van der Waals surface area (Å²) in [7, 11) is 0. The van der Waals surface area contributed by atoms with Gasteiger partial charge in [0.15, 0.2) is 0 Å². The zero-order chi connectivity index (χ0) is 20.3. The summed E-state index contributed by atoms with van der Waals surface area (Å²) in [4.78, 5) is 4.67. The Balaban J connectivity index is 1.94. The highest BCUT2D eigenvalue weighted by Crippen LogP contribution is 2.30. The first-order chi connectivity index (χ1) is 13.2. The molecule has 3 rings (SSSR count). The van der Waals surface area contributed by atoms with E-state index in [1.165, 1.54) is 12.1 Å². The monoisotopic (exact) mass is 400 g/mol. The SMILES string of the molecule is CC(N[S@@+]([O-])C(C)(C)C)c1nc2ccc(F)cc2cc1OCc1ccccc1. The van der Waals surface area contributed by atoms with E-state index in [0.717, 1.165) is 5.56 Å². The highest BCUT2D eigenvalue weighted by atomic mass is 32.2. The Morgan fingerprint density at radius 3 is 2.54 bits per heavy atom. The van der Waals surface area contributed by atoms with Crippen molar-refractivity contribution in [3.63, 3.8) is 0 Å². The van der Waals surface area contributed by atoms with Crippen LogP contribution in [0.2, 0.25) is 0 Å². The molecule has 0 saturated heterocycles. The maximum Gasteiger partial charge on any atom is 0.143 e. The van der Waals surface area contributed by atoms with E-state index in [1.807, 2.05) is 58.0 Å². The van der Waals surface area contributed by atoms with Crippen molar-refractivity contribution in [1.29, 1.82) is 0 Å². The summed E-state index contributed by atoms with van der Waals surface area (Å²) in [6.07, 6.45) is 0. The molecule has 1 unspecified atom stereocenters. The third-order valence-corrected chi connectivity index (χ3v) is 5.94. The van der Waals surface area contributed by atoms with E-state index in [9.17, 15) is 8.94 Å². The number of pyridine rings is 1. The molecule has 0 aliphatic rings. The number of fused-ring (bicyclic) bond motifs is 1. The summed E-state index contributed by atoms with van der Waals surface area (Å²) >= 11 is -1.26. The van der Waals surface area contributed by atoms with E-state index in [1.54, 1.807) is 12.1 Å². The van der Waals surface area contributed by atoms with Crippen LogP contribution in [0.3, 0.4) is 0 Å². The minimum absolute atomic E-state index is 0.305. The molecule has 0 aliphatic carbocycles. The maximum absolute atomic E-state index is 13.7. The molecule has 28 heavy (non-hydrogen) atoms. The quantitative estimate of drug-likeness (QED) is 0.587. The van der Waals surface area contributed by atoms with E-state index < -0.39 is 16.1 Å². The van der Waals surface area contributed by atoms with Gasteiger partial charge in [0.2, 0.25) is 0 Å². The van der Waals surface area contributed by atoms with E-state index in [0.29, 0.717) is 29.0 Å². The molecule has 0 spiro atoms. The van der Waals surface area contributed by atoms with Gasteiger partial charge in [-0.1, -0.05) is 30.3 Å². The largest absolute Gasteiger partial charge is 0.598 e. The van der Waals surface area contributed by atoms with Crippen molar-refractivity contribution in [2.75, 3.05) is 0 Å². The molecule has 6 heteroatoms. The lowest BCUT2D eigenvalue weighted by atomic mass is 10.1. The van der Waals surface area contributed by atoms with Gasteiger partial charge in [0, 0.05) is 16.7 Å². The summed E-state index contributed by atoms with van der Waals surface area (Å²) in [5, 5.41) is 0.663. The molecule has 2 aromatic carbocycles. The van der Waals surface area contributed by atoms with Crippen LogP contribution >= 0.6 is 0 Å². The Labute approximate surface area is 168 Å². The molecule has 0 radical (unpaired) electrons. The second-order valence-electron chi connectivity index (χ2n) is 7.70. The molecule has 1 aromatic heterocycles. The molecule has 0 aliphatic heterocycles. The molecule has 148 valence electrons. The van der Waals surface area contributed by atoms with Crippen LogP contribution in [0.4, 0.5) is 4.39 Å². The lowest BCUT2D eigenvalue weighted by molar-refractivity contribution is 0.299. The predicted molar refractivity (Wildman–Crippen MR) is 112 cm³/mol. The molecule has 1 N–H and O–H groups in total. The number of rotatable bonds is 6. The lowest BCUT2D eigenvalue weighted by Gasteiger charge is -2.27. The number of halogens is 1. The standard InChI is InChI=1S/C22H25FN2O2S/c1-15(25-28(26)22(2,3)4)21-20(27-14-16-8-6-5-7-9-16)13-17-12-18(23)10-11-19(17)24-21/h5-13,15,25H,14H2,1-4H3/t15?,28-/m0/s1. The number of nitrogens with zero attached hydrogens (tertiary/aromatic N) is 1. The second kappa shape index (κ2) is 8.47. The van der Waals surface area contributed by atoms with Crippen LogP contribution in [0.25, 0.3) is 10.9 Å². The van der Waals surface area contributed by atoms with Crippen molar-refractivity contribution in [2.45, 2.75) is 45.1 Å². The van der Waals surface area contributed by atoms with Gasteiger partial charge in [-0.25, -0.2) is 9.37 Å². The number of aromatic nitrogens is 1. The third kappa shape index (κ3) is 5.01. The van der Waals surface area contributed by atoms with E-state index >= 15 is 0 Å². The number of nitrogens with one attached hydrogen (secondary N) is 1. The summed E-state index contributed by atoms with van der Waals surface area (Å²) in [5.41, 5.74) is 2.33. The predicted octanol–water partition coefficient (Wildman–Crippen LogP) is 5.07. The summed E-state index contributed by atoms with van der Waals surface area (Å²) in [5.74, 6) is 0.226. The molecule has 0 amide bonds. The summed E-state index contributed by atoms with van der Waals surface area (Å²) in [6, 6.07) is 15.7.